The maximum atomic E-state index is 2.47. The second-order valence-electron chi connectivity index (χ2n) is 4.65. The quantitative estimate of drug-likeness (QED) is 0.401. The molecule has 0 aliphatic heterocycles. The Morgan fingerprint density at radius 3 is 1.90 bits per heavy atom. The molecule has 1 fully saturated rings. The van der Waals surface area contributed by atoms with Gasteiger partial charge in [-0.1, -0.05) is 30.8 Å². The van der Waals surface area contributed by atoms with Crippen molar-refractivity contribution in [3.05, 3.63) is 11.1 Å². The minimum atomic E-state index is -0.807. The van der Waals surface area contributed by atoms with Crippen molar-refractivity contribution in [2.24, 2.45) is 0 Å². The Bertz CT molecular complexity index is 168. The van der Waals surface area contributed by atoms with Gasteiger partial charge in [0.15, 0.2) is 0 Å². The molecule has 0 aromatic heterocycles. The molecule has 1 rings (SSSR count). The zero-order valence-electron chi connectivity index (χ0n) is 7.78. The van der Waals surface area contributed by atoms with E-state index in [1.165, 1.54) is 6.42 Å². The minimum absolute atomic E-state index is 0.807. The van der Waals surface area contributed by atoms with E-state index in [1.54, 1.807) is 11.1 Å². The predicted octanol–water partition coefficient (Wildman–Crippen LogP) is 3.43. The summed E-state index contributed by atoms with van der Waals surface area (Å²) in [6.45, 7) is 11.9. The van der Waals surface area contributed by atoms with Crippen LogP contribution in [0.4, 0.5) is 0 Å². The summed E-state index contributed by atoms with van der Waals surface area (Å²) >= 11 is 0. The van der Waals surface area contributed by atoms with Crippen molar-refractivity contribution < 1.29 is 0 Å². The van der Waals surface area contributed by atoms with Gasteiger partial charge in [-0.3, -0.25) is 0 Å². The molecule has 58 valence electrons. The summed E-state index contributed by atoms with van der Waals surface area (Å²) < 4.78 is 0. The van der Waals surface area contributed by atoms with E-state index in [2.05, 4.69) is 33.5 Å². The van der Waals surface area contributed by atoms with Crippen molar-refractivity contribution >= 4 is 8.07 Å². The molecule has 10 heavy (non-hydrogen) atoms. The first kappa shape index (κ1) is 8.06. The van der Waals surface area contributed by atoms with Crippen LogP contribution in [0.1, 0.15) is 20.3 Å². The van der Waals surface area contributed by atoms with Gasteiger partial charge < -0.3 is 0 Å². The molecular formula is C9H18Si. The van der Waals surface area contributed by atoms with Crippen molar-refractivity contribution in [1.82, 2.24) is 0 Å². The van der Waals surface area contributed by atoms with E-state index in [9.17, 15) is 0 Å². The predicted molar refractivity (Wildman–Crippen MR) is 50.1 cm³/mol. The molecule has 0 aromatic rings. The Kier molecular flexibility index (Phi) is 1.79. The molecule has 1 unspecified atom stereocenters. The van der Waals surface area contributed by atoms with Gasteiger partial charge in [0.05, 0.1) is 8.07 Å². The SMILES string of the molecule is CC(C)=C1CC1[Si](C)(C)C. The number of rotatable bonds is 1. The lowest BCUT2D eigenvalue weighted by atomic mass is 10.3. The number of allylic oxidation sites excluding steroid dienone is 2. The standard InChI is InChI=1S/C9H18Si/c1-7(2)8-6-9(8)10(3,4)5/h9H,6H2,1-5H3. The molecule has 0 saturated heterocycles. The van der Waals surface area contributed by atoms with Crippen LogP contribution in [-0.2, 0) is 0 Å². The second-order valence-corrected chi connectivity index (χ2v) is 10.1. The number of hydrogen-bond donors (Lipinski definition) is 0. The van der Waals surface area contributed by atoms with Crippen LogP contribution in [0, 0.1) is 0 Å². The van der Waals surface area contributed by atoms with Crippen LogP contribution in [0.2, 0.25) is 25.2 Å². The second kappa shape index (κ2) is 2.23. The zero-order chi connectivity index (χ0) is 7.94. The monoisotopic (exact) mass is 154 g/mol. The molecular weight excluding hydrogens is 136 g/mol. The molecule has 0 heterocycles. The van der Waals surface area contributed by atoms with Crippen LogP contribution in [-0.4, -0.2) is 8.07 Å². The lowest BCUT2D eigenvalue weighted by Gasteiger charge is -2.13. The third-order valence-corrected chi connectivity index (χ3v) is 5.02. The van der Waals surface area contributed by atoms with Crippen molar-refractivity contribution in [2.75, 3.05) is 0 Å². The maximum Gasteiger partial charge on any atom is 0.0521 e. The summed E-state index contributed by atoms with van der Waals surface area (Å²) in [6, 6.07) is 0. The average Bonchev–Trinajstić information content (AvgIpc) is 2.35. The molecule has 0 aromatic carbocycles. The molecule has 1 aliphatic carbocycles. The Morgan fingerprint density at radius 1 is 1.30 bits per heavy atom. The van der Waals surface area contributed by atoms with E-state index < -0.39 is 8.07 Å². The molecule has 0 N–H and O–H groups in total. The summed E-state index contributed by atoms with van der Waals surface area (Å²) in [5.74, 6) is 0. The van der Waals surface area contributed by atoms with E-state index in [0.29, 0.717) is 0 Å². The first-order chi connectivity index (χ1) is 4.43. The fourth-order valence-electron chi connectivity index (χ4n) is 1.54. The van der Waals surface area contributed by atoms with Gasteiger partial charge in [-0.05, 0) is 25.8 Å². The summed E-state index contributed by atoms with van der Waals surface area (Å²) in [4.78, 5) is 0. The molecule has 0 amide bonds. The van der Waals surface area contributed by atoms with Gasteiger partial charge >= 0.3 is 0 Å². The van der Waals surface area contributed by atoms with E-state index in [1.807, 2.05) is 0 Å². The average molecular weight is 154 g/mol. The van der Waals surface area contributed by atoms with Gasteiger partial charge in [0, 0.05) is 0 Å². The molecule has 0 nitrogen and oxygen atoms in total. The summed E-state index contributed by atoms with van der Waals surface area (Å²) in [7, 11) is -0.807. The van der Waals surface area contributed by atoms with E-state index in [0.717, 1.165) is 5.54 Å². The molecule has 0 bridgehead atoms. The minimum Gasteiger partial charge on any atom is -0.0772 e. The smallest absolute Gasteiger partial charge is 0.0521 e. The first-order valence-corrected chi connectivity index (χ1v) is 7.67. The van der Waals surface area contributed by atoms with Crippen molar-refractivity contribution in [2.45, 2.75) is 45.5 Å². The molecule has 0 spiro atoms. The fourth-order valence-corrected chi connectivity index (χ4v) is 3.71. The van der Waals surface area contributed by atoms with Crippen LogP contribution in [0.5, 0.6) is 0 Å². The van der Waals surface area contributed by atoms with Crippen LogP contribution in [0.25, 0.3) is 0 Å². The van der Waals surface area contributed by atoms with Crippen LogP contribution < -0.4 is 0 Å². The third kappa shape index (κ3) is 1.51. The Morgan fingerprint density at radius 2 is 1.80 bits per heavy atom. The fraction of sp³-hybridized carbons (Fsp3) is 0.778. The van der Waals surface area contributed by atoms with Crippen molar-refractivity contribution in [3.63, 3.8) is 0 Å². The van der Waals surface area contributed by atoms with Crippen LogP contribution >= 0.6 is 0 Å². The molecule has 0 radical (unpaired) electrons. The highest BCUT2D eigenvalue weighted by Crippen LogP contribution is 2.52. The van der Waals surface area contributed by atoms with E-state index in [4.69, 9.17) is 0 Å². The first-order valence-electron chi connectivity index (χ1n) is 4.09. The normalized spacial score (nSPS) is 24.9. The van der Waals surface area contributed by atoms with Gasteiger partial charge in [0.2, 0.25) is 0 Å². The Labute approximate surface area is 65.3 Å². The van der Waals surface area contributed by atoms with Crippen molar-refractivity contribution in [3.8, 4) is 0 Å². The van der Waals surface area contributed by atoms with Crippen molar-refractivity contribution in [1.29, 1.82) is 0 Å². The highest BCUT2D eigenvalue weighted by atomic mass is 28.3. The molecule has 1 heteroatoms. The van der Waals surface area contributed by atoms with Gasteiger partial charge in [-0.2, -0.15) is 0 Å². The Balaban J connectivity index is 2.63. The summed E-state index contributed by atoms with van der Waals surface area (Å²) in [5, 5.41) is 0. The van der Waals surface area contributed by atoms with E-state index >= 15 is 0 Å². The number of hydrogen-bond acceptors (Lipinski definition) is 0. The lowest BCUT2D eigenvalue weighted by Crippen LogP contribution is -2.19. The Hall–Kier alpha value is -0.0431. The van der Waals surface area contributed by atoms with E-state index in [-0.39, 0.29) is 0 Å². The largest absolute Gasteiger partial charge is 0.0772 e. The van der Waals surface area contributed by atoms with Crippen LogP contribution in [0.15, 0.2) is 11.1 Å². The van der Waals surface area contributed by atoms with Gasteiger partial charge in [0.1, 0.15) is 0 Å². The van der Waals surface area contributed by atoms with Gasteiger partial charge in [-0.15, -0.1) is 0 Å². The van der Waals surface area contributed by atoms with Crippen LogP contribution in [0.3, 0.4) is 0 Å². The summed E-state index contributed by atoms with van der Waals surface area (Å²) in [6.07, 6.45) is 1.41. The molecule has 1 saturated carbocycles. The highest BCUT2D eigenvalue weighted by molar-refractivity contribution is 6.79. The molecule has 1 aliphatic rings. The topological polar surface area (TPSA) is 0 Å². The van der Waals surface area contributed by atoms with Gasteiger partial charge in [0.25, 0.3) is 0 Å². The summed E-state index contributed by atoms with van der Waals surface area (Å²) in [5.41, 5.74) is 4.36. The third-order valence-electron chi connectivity index (χ3n) is 2.37. The maximum absolute atomic E-state index is 2.47. The highest BCUT2D eigenvalue weighted by Gasteiger charge is 2.41. The molecule has 1 atom stereocenters. The zero-order valence-corrected chi connectivity index (χ0v) is 8.78. The van der Waals surface area contributed by atoms with Gasteiger partial charge in [-0.25, -0.2) is 0 Å². The lowest BCUT2D eigenvalue weighted by molar-refractivity contribution is 1.33.